The van der Waals surface area contributed by atoms with Gasteiger partial charge < -0.3 is 10.2 Å². The van der Waals surface area contributed by atoms with E-state index in [-0.39, 0.29) is 11.3 Å². The number of Topliss-reactive ketones (excluding diaryl/α,β-unsaturated/α-hetero) is 1. The Morgan fingerprint density at radius 1 is 1.36 bits per heavy atom. The van der Waals surface area contributed by atoms with Crippen LogP contribution in [0, 0.1) is 0 Å². The minimum atomic E-state index is -1.57. The van der Waals surface area contributed by atoms with Crippen LogP contribution in [0.25, 0.3) is 0 Å². The molecule has 0 radical (unpaired) electrons. The maximum Gasteiger partial charge on any atom is 0.377 e. The Balaban J connectivity index is 3.30. The molecule has 0 spiro atoms. The summed E-state index contributed by atoms with van der Waals surface area (Å²) in [5, 5.41) is 17.9. The molecular weight excluding hydrogens is 204 g/mol. The maximum atomic E-state index is 11.2. The first-order valence-corrected chi connectivity index (χ1v) is 4.94. The van der Waals surface area contributed by atoms with Crippen molar-refractivity contribution in [3.05, 3.63) is 23.8 Å². The molecule has 0 saturated carbocycles. The van der Waals surface area contributed by atoms with E-state index in [4.69, 9.17) is 5.11 Å². The smallest absolute Gasteiger partial charge is 0.377 e. The monoisotopic (exact) mass is 212 g/mol. The van der Waals surface area contributed by atoms with Crippen molar-refractivity contribution in [2.24, 2.45) is 0 Å². The first kappa shape index (κ1) is 10.6. The van der Waals surface area contributed by atoms with Crippen LogP contribution in [0.4, 0.5) is 0 Å². The number of rotatable bonds is 3. The second kappa shape index (κ2) is 4.15. The molecule has 2 N–H and O–H groups in total. The topological polar surface area (TPSA) is 74.6 Å². The van der Waals surface area contributed by atoms with Crippen molar-refractivity contribution in [3.63, 3.8) is 0 Å². The highest BCUT2D eigenvalue weighted by atomic mass is 32.2. The van der Waals surface area contributed by atoms with Crippen molar-refractivity contribution in [2.45, 2.75) is 4.90 Å². The van der Waals surface area contributed by atoms with Crippen molar-refractivity contribution in [1.82, 2.24) is 0 Å². The van der Waals surface area contributed by atoms with Crippen LogP contribution in [0.15, 0.2) is 23.1 Å². The molecular formula is C9H8O4S. The molecule has 0 unspecified atom stereocenters. The highest BCUT2D eigenvalue weighted by Gasteiger charge is 2.21. The van der Waals surface area contributed by atoms with Gasteiger partial charge in [-0.2, -0.15) is 0 Å². The molecule has 0 amide bonds. The lowest BCUT2D eigenvalue weighted by Gasteiger charge is -2.05. The van der Waals surface area contributed by atoms with Crippen LogP contribution in [-0.4, -0.2) is 28.2 Å². The fourth-order valence-electron chi connectivity index (χ4n) is 1.02. The number of hydrogen-bond donors (Lipinski definition) is 2. The van der Waals surface area contributed by atoms with E-state index in [1.54, 1.807) is 18.4 Å². The van der Waals surface area contributed by atoms with Crippen LogP contribution in [0.2, 0.25) is 0 Å². The van der Waals surface area contributed by atoms with Gasteiger partial charge in [-0.3, -0.25) is 4.79 Å². The summed E-state index contributed by atoms with van der Waals surface area (Å²) in [6.07, 6.45) is 1.70. The van der Waals surface area contributed by atoms with E-state index in [0.29, 0.717) is 4.90 Å². The van der Waals surface area contributed by atoms with E-state index >= 15 is 0 Å². The summed E-state index contributed by atoms with van der Waals surface area (Å²) in [5.41, 5.74) is -0.146. The Hall–Kier alpha value is -1.49. The average Bonchev–Trinajstić information content (AvgIpc) is 2.16. The SMILES string of the molecule is CSc1cccc(O)c1C(=O)C(=O)O. The van der Waals surface area contributed by atoms with Crippen molar-refractivity contribution in [3.8, 4) is 5.75 Å². The van der Waals surface area contributed by atoms with Gasteiger partial charge in [0.15, 0.2) is 0 Å². The molecule has 74 valence electrons. The molecule has 14 heavy (non-hydrogen) atoms. The van der Waals surface area contributed by atoms with E-state index in [0.717, 1.165) is 0 Å². The molecule has 0 bridgehead atoms. The number of thioether (sulfide) groups is 1. The van der Waals surface area contributed by atoms with Crippen LogP contribution in [0.1, 0.15) is 10.4 Å². The number of carbonyl (C=O) groups is 2. The lowest BCUT2D eigenvalue weighted by molar-refractivity contribution is -0.131. The minimum absolute atomic E-state index is 0.146. The van der Waals surface area contributed by atoms with Gasteiger partial charge in [-0.15, -0.1) is 11.8 Å². The van der Waals surface area contributed by atoms with Crippen molar-refractivity contribution < 1.29 is 19.8 Å². The molecule has 0 atom stereocenters. The summed E-state index contributed by atoms with van der Waals surface area (Å²) >= 11 is 1.21. The number of aliphatic carboxylic acids is 1. The predicted molar refractivity (Wildman–Crippen MR) is 51.9 cm³/mol. The summed E-state index contributed by atoms with van der Waals surface area (Å²) in [6, 6.07) is 4.43. The second-order valence-electron chi connectivity index (χ2n) is 2.49. The summed E-state index contributed by atoms with van der Waals surface area (Å²) in [6.45, 7) is 0. The van der Waals surface area contributed by atoms with Gasteiger partial charge in [0.05, 0.1) is 5.56 Å². The molecule has 4 nitrogen and oxygen atoms in total. The first-order chi connectivity index (χ1) is 6.57. The van der Waals surface area contributed by atoms with E-state index in [1.807, 2.05) is 0 Å². The number of aromatic hydroxyl groups is 1. The Bertz CT molecular complexity index is 386. The van der Waals surface area contributed by atoms with Crippen LogP contribution in [-0.2, 0) is 4.79 Å². The molecule has 0 aliphatic rings. The second-order valence-corrected chi connectivity index (χ2v) is 3.34. The predicted octanol–water partition coefficient (Wildman–Crippen LogP) is 1.38. The largest absolute Gasteiger partial charge is 0.507 e. The zero-order valence-electron chi connectivity index (χ0n) is 7.35. The molecule has 1 aromatic rings. The average molecular weight is 212 g/mol. The quantitative estimate of drug-likeness (QED) is 0.450. The number of ketones is 1. The Morgan fingerprint density at radius 2 is 2.00 bits per heavy atom. The van der Waals surface area contributed by atoms with Gasteiger partial charge in [0.1, 0.15) is 5.75 Å². The number of carbonyl (C=O) groups excluding carboxylic acids is 1. The molecule has 0 aliphatic carbocycles. The minimum Gasteiger partial charge on any atom is -0.507 e. The number of phenolic OH excluding ortho intramolecular Hbond substituents is 1. The molecule has 0 heterocycles. The van der Waals surface area contributed by atoms with E-state index in [1.165, 1.54) is 17.8 Å². The van der Waals surface area contributed by atoms with Gasteiger partial charge in [-0.25, -0.2) is 4.79 Å². The number of carboxylic acid groups (broad SMARTS) is 1. The third-order valence-electron chi connectivity index (χ3n) is 1.65. The van der Waals surface area contributed by atoms with Gasteiger partial charge in [-0.1, -0.05) is 6.07 Å². The number of carboxylic acids is 1. The van der Waals surface area contributed by atoms with Crippen LogP contribution < -0.4 is 0 Å². The van der Waals surface area contributed by atoms with E-state index < -0.39 is 11.8 Å². The fourth-order valence-corrected chi connectivity index (χ4v) is 1.64. The summed E-state index contributed by atoms with van der Waals surface area (Å²) in [5.74, 6) is -2.96. The lowest BCUT2D eigenvalue weighted by Crippen LogP contribution is -2.13. The molecule has 5 heteroatoms. The zero-order chi connectivity index (χ0) is 10.7. The molecule has 1 aromatic carbocycles. The molecule has 0 aliphatic heterocycles. The van der Waals surface area contributed by atoms with Gasteiger partial charge >= 0.3 is 5.97 Å². The normalized spacial score (nSPS) is 9.79. The molecule has 0 aromatic heterocycles. The number of benzene rings is 1. The highest BCUT2D eigenvalue weighted by molar-refractivity contribution is 7.98. The maximum absolute atomic E-state index is 11.2. The number of hydrogen-bond acceptors (Lipinski definition) is 4. The zero-order valence-corrected chi connectivity index (χ0v) is 8.17. The van der Waals surface area contributed by atoms with Crippen molar-refractivity contribution in [2.75, 3.05) is 6.26 Å². The summed E-state index contributed by atoms with van der Waals surface area (Å²) < 4.78 is 0. The van der Waals surface area contributed by atoms with Crippen LogP contribution >= 0.6 is 11.8 Å². The first-order valence-electron chi connectivity index (χ1n) is 3.71. The highest BCUT2D eigenvalue weighted by Crippen LogP contribution is 2.28. The van der Waals surface area contributed by atoms with Gasteiger partial charge in [0.2, 0.25) is 0 Å². The third kappa shape index (κ3) is 1.88. The Labute approximate surface area is 84.6 Å². The molecule has 0 saturated heterocycles. The molecule has 0 fully saturated rings. The van der Waals surface area contributed by atoms with Gasteiger partial charge in [-0.05, 0) is 18.4 Å². The van der Waals surface area contributed by atoms with Crippen LogP contribution in [0.3, 0.4) is 0 Å². The molecule has 1 rings (SSSR count). The lowest BCUT2D eigenvalue weighted by atomic mass is 10.1. The van der Waals surface area contributed by atoms with Gasteiger partial charge in [0, 0.05) is 4.90 Å². The standard InChI is InChI=1S/C9H8O4S/c1-14-6-4-2-3-5(10)7(6)8(11)9(12)13/h2-4,10H,1H3,(H,12,13). The van der Waals surface area contributed by atoms with E-state index in [2.05, 4.69) is 0 Å². The van der Waals surface area contributed by atoms with Crippen LogP contribution in [0.5, 0.6) is 5.75 Å². The summed E-state index contributed by atoms with van der Waals surface area (Å²) in [7, 11) is 0. The Morgan fingerprint density at radius 3 is 2.50 bits per heavy atom. The van der Waals surface area contributed by atoms with Gasteiger partial charge in [0.25, 0.3) is 5.78 Å². The summed E-state index contributed by atoms with van der Waals surface area (Å²) in [4.78, 5) is 22.1. The third-order valence-corrected chi connectivity index (χ3v) is 2.43. The Kier molecular flexibility index (Phi) is 3.14. The van der Waals surface area contributed by atoms with E-state index in [9.17, 15) is 14.7 Å². The number of phenols is 1. The van der Waals surface area contributed by atoms with Crippen molar-refractivity contribution >= 4 is 23.5 Å². The van der Waals surface area contributed by atoms with Crippen molar-refractivity contribution in [1.29, 1.82) is 0 Å². The fraction of sp³-hybridized carbons (Fsp3) is 0.111.